The average Bonchev–Trinajstić information content (AvgIpc) is 2.65. The van der Waals surface area contributed by atoms with Crippen LogP contribution in [-0.2, 0) is 22.7 Å². The van der Waals surface area contributed by atoms with Gasteiger partial charge in [0, 0.05) is 6.54 Å². The van der Waals surface area contributed by atoms with E-state index in [9.17, 15) is 4.79 Å². The van der Waals surface area contributed by atoms with Gasteiger partial charge in [-0.2, -0.15) is 0 Å². The lowest BCUT2D eigenvalue weighted by Crippen LogP contribution is -2.44. The molecule has 0 heterocycles. The maximum atomic E-state index is 11.7. The first-order valence-corrected chi connectivity index (χ1v) is 8.35. The van der Waals surface area contributed by atoms with Gasteiger partial charge in [-0.05, 0) is 21.9 Å². The normalized spacial score (nSPS) is 12.2. The molecule has 1 atom stereocenters. The van der Waals surface area contributed by atoms with Crippen molar-refractivity contribution in [1.29, 1.82) is 0 Å². The average molecular weight is 334 g/mol. The van der Waals surface area contributed by atoms with E-state index in [1.807, 2.05) is 54.6 Å². The Morgan fingerprint density at radius 1 is 0.960 bits per heavy atom. The number of nitrogens with two attached hydrogens (primary N) is 1. The summed E-state index contributed by atoms with van der Waals surface area (Å²) in [7, 11) is 0. The van der Waals surface area contributed by atoms with E-state index in [-0.39, 0.29) is 6.61 Å². The number of carbonyl (C=O) groups excluding carboxylic acids is 1. The third-order valence-electron chi connectivity index (χ3n) is 4.16. The zero-order valence-corrected chi connectivity index (χ0v) is 14.0. The van der Waals surface area contributed by atoms with Crippen LogP contribution in [0.15, 0.2) is 72.8 Å². The molecule has 0 bridgehead atoms. The van der Waals surface area contributed by atoms with Crippen molar-refractivity contribution >= 4 is 16.7 Å². The molecule has 0 aliphatic heterocycles. The van der Waals surface area contributed by atoms with Gasteiger partial charge in [0.05, 0.1) is 13.2 Å². The summed E-state index contributed by atoms with van der Waals surface area (Å²) in [4.78, 5) is 11.7. The SMILES string of the molecule is NC(=O)C(COCc1cccc2ccccc12)NCc1ccccc1. The van der Waals surface area contributed by atoms with Gasteiger partial charge < -0.3 is 10.5 Å². The molecule has 1 amide bonds. The highest BCUT2D eigenvalue weighted by Crippen LogP contribution is 2.19. The van der Waals surface area contributed by atoms with Crippen LogP contribution in [0.25, 0.3) is 10.8 Å². The summed E-state index contributed by atoms with van der Waals surface area (Å²) in [6, 6.07) is 23.7. The zero-order chi connectivity index (χ0) is 17.5. The predicted molar refractivity (Wildman–Crippen MR) is 99.9 cm³/mol. The summed E-state index contributed by atoms with van der Waals surface area (Å²) >= 11 is 0. The second kappa shape index (κ2) is 8.42. The Morgan fingerprint density at radius 2 is 1.68 bits per heavy atom. The van der Waals surface area contributed by atoms with Crippen LogP contribution in [0.1, 0.15) is 11.1 Å². The monoisotopic (exact) mass is 334 g/mol. The van der Waals surface area contributed by atoms with Gasteiger partial charge in [-0.3, -0.25) is 10.1 Å². The number of hydrogen-bond acceptors (Lipinski definition) is 3. The number of benzene rings is 3. The van der Waals surface area contributed by atoms with Gasteiger partial charge in [-0.1, -0.05) is 72.8 Å². The molecule has 25 heavy (non-hydrogen) atoms. The second-order valence-electron chi connectivity index (χ2n) is 5.97. The highest BCUT2D eigenvalue weighted by Gasteiger charge is 2.15. The molecule has 128 valence electrons. The minimum atomic E-state index is -0.518. The zero-order valence-electron chi connectivity index (χ0n) is 14.0. The van der Waals surface area contributed by atoms with Crippen molar-refractivity contribution in [3.05, 3.63) is 83.9 Å². The van der Waals surface area contributed by atoms with E-state index in [0.717, 1.165) is 16.5 Å². The number of carbonyl (C=O) groups is 1. The predicted octanol–water partition coefficient (Wildman–Crippen LogP) is 3.00. The topological polar surface area (TPSA) is 64.4 Å². The summed E-state index contributed by atoms with van der Waals surface area (Å²) in [6.07, 6.45) is 0. The molecule has 0 aliphatic rings. The smallest absolute Gasteiger partial charge is 0.236 e. The van der Waals surface area contributed by atoms with Crippen LogP contribution in [0, 0.1) is 0 Å². The van der Waals surface area contributed by atoms with Gasteiger partial charge in [0.25, 0.3) is 0 Å². The van der Waals surface area contributed by atoms with Crippen molar-refractivity contribution in [3.8, 4) is 0 Å². The maximum absolute atomic E-state index is 11.7. The lowest BCUT2D eigenvalue weighted by atomic mass is 10.1. The quantitative estimate of drug-likeness (QED) is 0.665. The van der Waals surface area contributed by atoms with Crippen LogP contribution < -0.4 is 11.1 Å². The highest BCUT2D eigenvalue weighted by atomic mass is 16.5. The number of amides is 1. The van der Waals surface area contributed by atoms with Crippen molar-refractivity contribution < 1.29 is 9.53 Å². The molecule has 3 aromatic carbocycles. The first kappa shape index (κ1) is 17.1. The number of ether oxygens (including phenoxy) is 1. The van der Waals surface area contributed by atoms with Crippen molar-refractivity contribution in [3.63, 3.8) is 0 Å². The number of primary amides is 1. The molecular weight excluding hydrogens is 312 g/mol. The lowest BCUT2D eigenvalue weighted by Gasteiger charge is -2.16. The molecule has 0 spiro atoms. The van der Waals surface area contributed by atoms with E-state index < -0.39 is 11.9 Å². The Kier molecular flexibility index (Phi) is 5.77. The van der Waals surface area contributed by atoms with Crippen LogP contribution in [0.2, 0.25) is 0 Å². The van der Waals surface area contributed by atoms with E-state index in [1.54, 1.807) is 0 Å². The Morgan fingerprint density at radius 3 is 2.48 bits per heavy atom. The summed E-state index contributed by atoms with van der Waals surface area (Å²) in [6.45, 7) is 1.26. The molecule has 0 aromatic heterocycles. The van der Waals surface area contributed by atoms with Crippen molar-refractivity contribution in [2.75, 3.05) is 6.61 Å². The van der Waals surface area contributed by atoms with Gasteiger partial charge >= 0.3 is 0 Å². The van der Waals surface area contributed by atoms with Crippen LogP contribution in [0.4, 0.5) is 0 Å². The highest BCUT2D eigenvalue weighted by molar-refractivity contribution is 5.85. The molecule has 0 saturated heterocycles. The summed E-state index contributed by atoms with van der Waals surface area (Å²) < 4.78 is 5.78. The number of nitrogens with one attached hydrogen (secondary N) is 1. The van der Waals surface area contributed by atoms with E-state index >= 15 is 0 Å². The fourth-order valence-corrected chi connectivity index (χ4v) is 2.78. The maximum Gasteiger partial charge on any atom is 0.236 e. The minimum Gasteiger partial charge on any atom is -0.375 e. The van der Waals surface area contributed by atoms with E-state index in [0.29, 0.717) is 13.2 Å². The third-order valence-corrected chi connectivity index (χ3v) is 4.16. The molecule has 3 aromatic rings. The van der Waals surface area contributed by atoms with E-state index in [2.05, 4.69) is 23.5 Å². The van der Waals surface area contributed by atoms with E-state index in [4.69, 9.17) is 10.5 Å². The fourth-order valence-electron chi connectivity index (χ4n) is 2.78. The molecule has 0 aliphatic carbocycles. The molecule has 1 unspecified atom stereocenters. The Hall–Kier alpha value is -2.69. The Balaban J connectivity index is 1.57. The Bertz CT molecular complexity index is 828. The standard InChI is InChI=1S/C21H22N2O2/c22-21(24)20(23-13-16-7-2-1-3-8-16)15-25-14-18-11-6-10-17-9-4-5-12-19(17)18/h1-12,20,23H,13-15H2,(H2,22,24). The van der Waals surface area contributed by atoms with Crippen molar-refractivity contribution in [2.45, 2.75) is 19.2 Å². The number of rotatable bonds is 8. The molecule has 0 saturated carbocycles. The molecule has 0 fully saturated rings. The van der Waals surface area contributed by atoms with E-state index in [1.165, 1.54) is 5.39 Å². The fraction of sp³-hybridized carbons (Fsp3) is 0.190. The van der Waals surface area contributed by atoms with Gasteiger partial charge in [0.2, 0.25) is 5.91 Å². The minimum absolute atomic E-state index is 0.241. The summed E-state index contributed by atoms with van der Waals surface area (Å²) in [5, 5.41) is 5.50. The molecule has 4 heteroatoms. The summed E-state index contributed by atoms with van der Waals surface area (Å²) in [5.74, 6) is -0.408. The largest absolute Gasteiger partial charge is 0.375 e. The van der Waals surface area contributed by atoms with Gasteiger partial charge in [-0.15, -0.1) is 0 Å². The number of fused-ring (bicyclic) bond motifs is 1. The lowest BCUT2D eigenvalue weighted by molar-refractivity contribution is -0.121. The molecule has 0 radical (unpaired) electrons. The van der Waals surface area contributed by atoms with Crippen molar-refractivity contribution in [2.24, 2.45) is 5.73 Å². The first-order valence-electron chi connectivity index (χ1n) is 8.35. The van der Waals surface area contributed by atoms with Gasteiger partial charge in [-0.25, -0.2) is 0 Å². The molecular formula is C21H22N2O2. The molecule has 3 N–H and O–H groups in total. The van der Waals surface area contributed by atoms with Crippen LogP contribution in [0.5, 0.6) is 0 Å². The van der Waals surface area contributed by atoms with Gasteiger partial charge in [0.1, 0.15) is 6.04 Å². The molecule has 3 rings (SSSR count). The first-order chi connectivity index (χ1) is 12.2. The number of hydrogen-bond donors (Lipinski definition) is 2. The van der Waals surface area contributed by atoms with Gasteiger partial charge in [0.15, 0.2) is 0 Å². The Labute approximate surface area is 147 Å². The van der Waals surface area contributed by atoms with Crippen LogP contribution in [-0.4, -0.2) is 18.6 Å². The van der Waals surface area contributed by atoms with Crippen molar-refractivity contribution in [1.82, 2.24) is 5.32 Å². The summed E-state index contributed by atoms with van der Waals surface area (Å²) in [5.41, 5.74) is 7.69. The molecule has 4 nitrogen and oxygen atoms in total. The second-order valence-corrected chi connectivity index (χ2v) is 5.97. The van der Waals surface area contributed by atoms with Crippen LogP contribution in [0.3, 0.4) is 0 Å². The van der Waals surface area contributed by atoms with Crippen LogP contribution >= 0.6 is 0 Å². The third kappa shape index (κ3) is 4.66.